The minimum absolute atomic E-state index is 0.0700. The summed E-state index contributed by atoms with van der Waals surface area (Å²) in [6.07, 6.45) is 1.98. The molecule has 0 radical (unpaired) electrons. The zero-order valence-electron chi connectivity index (χ0n) is 11.7. The smallest absolute Gasteiger partial charge is 0.337 e. The molecule has 0 amide bonds. The monoisotopic (exact) mass is 318 g/mol. The maximum Gasteiger partial charge on any atom is 0.337 e. The highest BCUT2D eigenvalue weighted by atomic mass is 35.5. The fraction of sp³-hybridized carbons (Fsp3) is 0.125. The van der Waals surface area contributed by atoms with Crippen molar-refractivity contribution >= 4 is 28.6 Å². The first-order valence-electron chi connectivity index (χ1n) is 6.58. The number of halogens is 2. The maximum absolute atomic E-state index is 13.2. The largest absolute Gasteiger partial charge is 0.478 e. The van der Waals surface area contributed by atoms with Crippen LogP contribution in [0.1, 0.15) is 21.6 Å². The molecular weight excluding hydrogens is 307 g/mol. The van der Waals surface area contributed by atoms with E-state index >= 15 is 0 Å². The molecule has 0 saturated heterocycles. The number of benzene rings is 1. The SMILES string of the molecule is Cn1c(Cc2ccc(F)c(Cl)c2)cc2nccc(C(=O)O)c21. The van der Waals surface area contributed by atoms with Crippen molar-refractivity contribution < 1.29 is 14.3 Å². The molecule has 0 unspecified atom stereocenters. The number of carbonyl (C=O) groups is 1. The van der Waals surface area contributed by atoms with E-state index < -0.39 is 11.8 Å². The van der Waals surface area contributed by atoms with E-state index in [1.807, 2.05) is 6.07 Å². The van der Waals surface area contributed by atoms with Crippen molar-refractivity contribution in [1.82, 2.24) is 9.55 Å². The number of rotatable bonds is 3. The van der Waals surface area contributed by atoms with Crippen LogP contribution in [0, 0.1) is 5.82 Å². The molecule has 0 atom stereocenters. The number of nitrogens with zero attached hydrogens (tertiary/aromatic N) is 2. The van der Waals surface area contributed by atoms with Crippen LogP contribution in [-0.4, -0.2) is 20.6 Å². The molecular formula is C16H12ClFN2O2. The second-order valence-corrected chi connectivity index (χ2v) is 5.42. The van der Waals surface area contributed by atoms with Crippen LogP contribution in [0.5, 0.6) is 0 Å². The second-order valence-electron chi connectivity index (χ2n) is 5.02. The summed E-state index contributed by atoms with van der Waals surface area (Å²) in [6.45, 7) is 0. The zero-order valence-corrected chi connectivity index (χ0v) is 12.4. The molecule has 3 rings (SSSR count). The average molecular weight is 319 g/mol. The molecule has 6 heteroatoms. The van der Waals surface area contributed by atoms with Crippen LogP contribution in [0.4, 0.5) is 4.39 Å². The Balaban J connectivity index is 2.08. The lowest BCUT2D eigenvalue weighted by Crippen LogP contribution is -2.03. The third-order valence-corrected chi connectivity index (χ3v) is 3.91. The summed E-state index contributed by atoms with van der Waals surface area (Å²) in [5.41, 5.74) is 3.10. The Kier molecular flexibility index (Phi) is 3.58. The lowest BCUT2D eigenvalue weighted by atomic mass is 10.1. The summed E-state index contributed by atoms with van der Waals surface area (Å²) in [4.78, 5) is 15.5. The number of aromatic nitrogens is 2. The molecule has 4 nitrogen and oxygen atoms in total. The Morgan fingerprint density at radius 3 is 2.82 bits per heavy atom. The Bertz CT molecular complexity index is 889. The minimum atomic E-state index is -0.995. The van der Waals surface area contributed by atoms with Crippen molar-refractivity contribution in [2.75, 3.05) is 0 Å². The molecule has 0 aliphatic heterocycles. The summed E-state index contributed by atoms with van der Waals surface area (Å²) in [6, 6.07) is 7.86. The molecule has 2 heterocycles. The lowest BCUT2D eigenvalue weighted by Gasteiger charge is -2.06. The molecule has 22 heavy (non-hydrogen) atoms. The highest BCUT2D eigenvalue weighted by molar-refractivity contribution is 6.30. The Morgan fingerprint density at radius 2 is 2.14 bits per heavy atom. The Morgan fingerprint density at radius 1 is 1.36 bits per heavy atom. The number of hydrogen-bond acceptors (Lipinski definition) is 2. The molecule has 0 bridgehead atoms. The van der Waals surface area contributed by atoms with Gasteiger partial charge in [0.05, 0.1) is 21.6 Å². The van der Waals surface area contributed by atoms with Crippen LogP contribution in [0.3, 0.4) is 0 Å². The van der Waals surface area contributed by atoms with Gasteiger partial charge in [-0.05, 0) is 29.8 Å². The van der Waals surface area contributed by atoms with Gasteiger partial charge in [-0.15, -0.1) is 0 Å². The van der Waals surface area contributed by atoms with Gasteiger partial charge in [0.2, 0.25) is 0 Å². The Labute approximate surface area is 130 Å². The quantitative estimate of drug-likeness (QED) is 0.802. The third kappa shape index (κ3) is 2.44. The van der Waals surface area contributed by atoms with Crippen molar-refractivity contribution in [2.24, 2.45) is 7.05 Å². The van der Waals surface area contributed by atoms with Crippen LogP contribution in [0.15, 0.2) is 36.5 Å². The number of fused-ring (bicyclic) bond motifs is 1. The number of hydrogen-bond donors (Lipinski definition) is 1. The topological polar surface area (TPSA) is 55.1 Å². The van der Waals surface area contributed by atoms with Gasteiger partial charge >= 0.3 is 5.97 Å². The first-order chi connectivity index (χ1) is 10.5. The van der Waals surface area contributed by atoms with E-state index in [4.69, 9.17) is 11.6 Å². The minimum Gasteiger partial charge on any atom is -0.478 e. The zero-order chi connectivity index (χ0) is 15.9. The molecule has 3 aromatic rings. The fourth-order valence-electron chi connectivity index (χ4n) is 2.53. The van der Waals surface area contributed by atoms with Gasteiger partial charge in [0.1, 0.15) is 5.82 Å². The van der Waals surface area contributed by atoms with Gasteiger partial charge in [-0.25, -0.2) is 9.18 Å². The fourth-order valence-corrected chi connectivity index (χ4v) is 2.73. The standard InChI is InChI=1S/C16H12ClFN2O2/c1-20-10(6-9-2-3-13(18)12(17)7-9)8-14-15(20)11(16(21)22)4-5-19-14/h2-5,7-8H,6H2,1H3,(H,21,22). The molecule has 0 saturated carbocycles. The van der Waals surface area contributed by atoms with Crippen molar-refractivity contribution in [3.63, 3.8) is 0 Å². The van der Waals surface area contributed by atoms with E-state index in [9.17, 15) is 14.3 Å². The van der Waals surface area contributed by atoms with E-state index in [-0.39, 0.29) is 10.6 Å². The van der Waals surface area contributed by atoms with E-state index in [0.717, 1.165) is 11.3 Å². The number of carboxylic acids is 1. The summed E-state index contributed by atoms with van der Waals surface area (Å²) in [5, 5.41) is 9.34. The molecule has 1 aromatic carbocycles. The van der Waals surface area contributed by atoms with Gasteiger partial charge in [0.25, 0.3) is 0 Å². The van der Waals surface area contributed by atoms with Crippen LogP contribution < -0.4 is 0 Å². The van der Waals surface area contributed by atoms with E-state index in [1.165, 1.54) is 18.3 Å². The molecule has 2 aromatic heterocycles. The third-order valence-electron chi connectivity index (χ3n) is 3.62. The van der Waals surface area contributed by atoms with Gasteiger partial charge in [-0.2, -0.15) is 0 Å². The Hall–Kier alpha value is -2.40. The van der Waals surface area contributed by atoms with E-state index in [0.29, 0.717) is 17.5 Å². The first-order valence-corrected chi connectivity index (χ1v) is 6.95. The van der Waals surface area contributed by atoms with Crippen molar-refractivity contribution in [3.05, 3.63) is 64.2 Å². The molecule has 0 aliphatic carbocycles. The first kappa shape index (κ1) is 14.5. The molecule has 0 spiro atoms. The number of aryl methyl sites for hydroxylation is 1. The van der Waals surface area contributed by atoms with Gasteiger partial charge in [0.15, 0.2) is 0 Å². The summed E-state index contributed by atoms with van der Waals surface area (Å²) < 4.78 is 15.0. The number of pyridine rings is 1. The van der Waals surface area contributed by atoms with Crippen LogP contribution in [-0.2, 0) is 13.5 Å². The molecule has 0 aliphatic rings. The summed E-state index contributed by atoms with van der Waals surface area (Å²) >= 11 is 5.79. The average Bonchev–Trinajstić information content (AvgIpc) is 2.79. The van der Waals surface area contributed by atoms with E-state index in [2.05, 4.69) is 4.98 Å². The van der Waals surface area contributed by atoms with Crippen LogP contribution in [0.25, 0.3) is 11.0 Å². The lowest BCUT2D eigenvalue weighted by molar-refractivity contribution is 0.0698. The van der Waals surface area contributed by atoms with Crippen LogP contribution in [0.2, 0.25) is 5.02 Å². The molecule has 112 valence electrons. The van der Waals surface area contributed by atoms with Crippen molar-refractivity contribution in [3.8, 4) is 0 Å². The van der Waals surface area contributed by atoms with Gasteiger partial charge in [-0.3, -0.25) is 4.98 Å². The predicted molar refractivity (Wildman–Crippen MR) is 81.9 cm³/mol. The summed E-state index contributed by atoms with van der Waals surface area (Å²) in [7, 11) is 1.79. The maximum atomic E-state index is 13.2. The summed E-state index contributed by atoms with van der Waals surface area (Å²) in [5.74, 6) is -1.46. The number of carboxylic acid groups (broad SMARTS) is 1. The van der Waals surface area contributed by atoms with Crippen molar-refractivity contribution in [1.29, 1.82) is 0 Å². The second kappa shape index (κ2) is 5.42. The predicted octanol–water partition coefficient (Wildman–Crippen LogP) is 3.65. The van der Waals surface area contributed by atoms with Crippen molar-refractivity contribution in [2.45, 2.75) is 6.42 Å². The van der Waals surface area contributed by atoms with Gasteiger partial charge in [0, 0.05) is 25.4 Å². The normalized spacial score (nSPS) is 11.0. The highest BCUT2D eigenvalue weighted by Gasteiger charge is 2.15. The highest BCUT2D eigenvalue weighted by Crippen LogP contribution is 2.24. The van der Waals surface area contributed by atoms with Gasteiger partial charge in [-0.1, -0.05) is 17.7 Å². The van der Waals surface area contributed by atoms with Crippen LogP contribution >= 0.6 is 11.6 Å². The molecule has 1 N–H and O–H groups in total. The molecule has 0 fully saturated rings. The van der Waals surface area contributed by atoms with E-state index in [1.54, 1.807) is 23.7 Å². The number of aromatic carboxylic acids is 1. The van der Waals surface area contributed by atoms with Gasteiger partial charge < -0.3 is 9.67 Å².